The summed E-state index contributed by atoms with van der Waals surface area (Å²) in [6.45, 7) is -0.906. The maximum absolute atomic E-state index is 12.2. The first kappa shape index (κ1) is 21.0. The zero-order valence-electron chi connectivity index (χ0n) is 15.2. The number of esters is 1. The first-order chi connectivity index (χ1) is 13.3. The number of likely N-dealkylation sites (N-methyl/N-ethyl adjacent to an activating group) is 1. The van der Waals surface area contributed by atoms with Crippen LogP contribution in [0.5, 0.6) is 5.75 Å². The van der Waals surface area contributed by atoms with E-state index in [2.05, 4.69) is 5.32 Å². The molecule has 1 heterocycles. The highest BCUT2D eigenvalue weighted by Gasteiger charge is 2.20. The van der Waals surface area contributed by atoms with Crippen molar-refractivity contribution in [2.45, 2.75) is 0 Å². The molecule has 0 unspecified atom stereocenters. The SMILES string of the molecule is COc1ccc(Cl)cc1NC(=O)CN(C)C(=O)COC(=O)c1cccc[n+]1[O-]. The third-order valence-electron chi connectivity index (χ3n) is 3.60. The number of carbonyl (C=O) groups excluding carboxylic acids is 3. The van der Waals surface area contributed by atoms with Crippen molar-refractivity contribution in [1.29, 1.82) is 0 Å². The van der Waals surface area contributed by atoms with Crippen molar-refractivity contribution >= 4 is 35.1 Å². The summed E-state index contributed by atoms with van der Waals surface area (Å²) in [5.41, 5.74) is 0.111. The maximum atomic E-state index is 12.2. The molecule has 1 aromatic carbocycles. The first-order valence-corrected chi connectivity index (χ1v) is 8.42. The van der Waals surface area contributed by atoms with Crippen molar-refractivity contribution in [2.75, 3.05) is 32.6 Å². The molecule has 0 spiro atoms. The van der Waals surface area contributed by atoms with Gasteiger partial charge in [0.15, 0.2) is 12.8 Å². The number of benzene rings is 1. The van der Waals surface area contributed by atoms with Crippen LogP contribution < -0.4 is 14.8 Å². The summed E-state index contributed by atoms with van der Waals surface area (Å²) in [4.78, 5) is 37.1. The van der Waals surface area contributed by atoms with Crippen LogP contribution in [0, 0.1) is 5.21 Å². The third-order valence-corrected chi connectivity index (χ3v) is 3.84. The zero-order chi connectivity index (χ0) is 20.7. The van der Waals surface area contributed by atoms with Gasteiger partial charge in [0, 0.05) is 24.2 Å². The summed E-state index contributed by atoms with van der Waals surface area (Å²) in [7, 11) is 2.82. The normalized spacial score (nSPS) is 10.1. The molecule has 0 fully saturated rings. The molecule has 2 aromatic rings. The van der Waals surface area contributed by atoms with Crippen LogP contribution in [0.3, 0.4) is 0 Å². The van der Waals surface area contributed by atoms with E-state index in [4.69, 9.17) is 21.1 Å². The lowest BCUT2D eigenvalue weighted by Gasteiger charge is -2.17. The fourth-order valence-corrected chi connectivity index (χ4v) is 2.34. The van der Waals surface area contributed by atoms with Crippen LogP contribution in [0.15, 0.2) is 42.6 Å². The molecule has 2 amide bonds. The molecule has 9 nitrogen and oxygen atoms in total. The minimum absolute atomic E-state index is 0.247. The summed E-state index contributed by atoms with van der Waals surface area (Å²) in [5, 5.41) is 14.5. The number of rotatable bonds is 7. The number of methoxy groups -OCH3 is 1. The number of pyridine rings is 1. The van der Waals surface area contributed by atoms with Gasteiger partial charge in [-0.15, -0.1) is 0 Å². The van der Waals surface area contributed by atoms with E-state index in [1.54, 1.807) is 12.1 Å². The number of hydrogen-bond donors (Lipinski definition) is 1. The fraction of sp³-hybridized carbons (Fsp3) is 0.222. The number of hydrogen-bond acceptors (Lipinski definition) is 6. The minimum atomic E-state index is -0.939. The standard InChI is InChI=1S/C18H18ClN3O6/c1-21(10-16(23)20-13-9-12(19)6-7-15(13)27-2)17(24)11-28-18(25)14-5-3-4-8-22(14)26/h3-9H,10-11H2,1-2H3,(H,20,23). The lowest BCUT2D eigenvalue weighted by atomic mass is 10.3. The Bertz CT molecular complexity index is 889. The van der Waals surface area contributed by atoms with Crippen molar-refractivity contribution in [3.05, 3.63) is 58.5 Å². The molecule has 2 rings (SSSR count). The zero-order valence-corrected chi connectivity index (χ0v) is 15.9. The molecule has 0 atom stereocenters. The molecular formula is C18H18ClN3O6. The highest BCUT2D eigenvalue weighted by molar-refractivity contribution is 6.31. The van der Waals surface area contributed by atoms with Gasteiger partial charge in [-0.1, -0.05) is 11.6 Å². The van der Waals surface area contributed by atoms with Gasteiger partial charge in [0.25, 0.3) is 5.91 Å². The molecule has 148 valence electrons. The second kappa shape index (κ2) is 9.56. The van der Waals surface area contributed by atoms with E-state index in [1.165, 1.54) is 38.4 Å². The van der Waals surface area contributed by atoms with Crippen molar-refractivity contribution < 1.29 is 28.6 Å². The molecule has 0 aliphatic carbocycles. The predicted molar refractivity (Wildman–Crippen MR) is 100.0 cm³/mol. The summed E-state index contributed by atoms with van der Waals surface area (Å²) >= 11 is 5.90. The second-order valence-corrected chi connectivity index (χ2v) is 6.07. The molecule has 0 aliphatic heterocycles. The first-order valence-electron chi connectivity index (χ1n) is 8.04. The number of aromatic nitrogens is 1. The van der Waals surface area contributed by atoms with E-state index in [0.717, 1.165) is 11.1 Å². The van der Waals surface area contributed by atoms with Crippen LogP contribution in [0.4, 0.5) is 5.69 Å². The van der Waals surface area contributed by atoms with Crippen LogP contribution in [0.25, 0.3) is 0 Å². The average Bonchev–Trinajstić information content (AvgIpc) is 2.66. The van der Waals surface area contributed by atoms with Gasteiger partial charge in [-0.2, -0.15) is 4.73 Å². The van der Waals surface area contributed by atoms with Gasteiger partial charge < -0.3 is 24.9 Å². The Morgan fingerprint density at radius 2 is 2.00 bits per heavy atom. The highest BCUT2D eigenvalue weighted by Crippen LogP contribution is 2.27. The van der Waals surface area contributed by atoms with E-state index in [9.17, 15) is 19.6 Å². The Labute approximate surface area is 166 Å². The molecule has 0 radical (unpaired) electrons. The van der Waals surface area contributed by atoms with Crippen LogP contribution in [0.2, 0.25) is 5.02 Å². The molecule has 1 aromatic heterocycles. The van der Waals surface area contributed by atoms with E-state index in [-0.39, 0.29) is 12.2 Å². The number of carbonyl (C=O) groups is 3. The van der Waals surface area contributed by atoms with Gasteiger partial charge in [-0.05, 0) is 24.3 Å². The van der Waals surface area contributed by atoms with Gasteiger partial charge in [-0.25, -0.2) is 4.79 Å². The third kappa shape index (κ3) is 5.58. The van der Waals surface area contributed by atoms with Crippen LogP contribution in [-0.2, 0) is 14.3 Å². The van der Waals surface area contributed by atoms with Gasteiger partial charge in [0.1, 0.15) is 5.75 Å². The topological polar surface area (TPSA) is 112 Å². The van der Waals surface area contributed by atoms with E-state index in [1.807, 2.05) is 0 Å². The van der Waals surface area contributed by atoms with Gasteiger partial charge in [-0.3, -0.25) is 9.59 Å². The van der Waals surface area contributed by atoms with E-state index < -0.39 is 24.4 Å². The van der Waals surface area contributed by atoms with E-state index >= 15 is 0 Å². The highest BCUT2D eigenvalue weighted by atomic mass is 35.5. The smallest absolute Gasteiger partial charge is 0.405 e. The number of anilines is 1. The molecule has 10 heteroatoms. The van der Waals surface area contributed by atoms with Crippen LogP contribution in [-0.4, -0.2) is 50.0 Å². The summed E-state index contributed by atoms with van der Waals surface area (Å²) in [6.07, 6.45) is 1.14. The number of nitrogens with zero attached hydrogens (tertiary/aromatic N) is 2. The number of ether oxygens (including phenoxy) is 2. The maximum Gasteiger partial charge on any atom is 0.405 e. The predicted octanol–water partition coefficient (Wildman–Crippen LogP) is 1.24. The fourth-order valence-electron chi connectivity index (χ4n) is 2.17. The minimum Gasteiger partial charge on any atom is -0.618 e. The number of nitrogens with one attached hydrogen (secondary N) is 1. The Kier molecular flexibility index (Phi) is 7.16. The average molecular weight is 408 g/mol. The Morgan fingerprint density at radius 3 is 2.68 bits per heavy atom. The molecule has 0 saturated heterocycles. The monoisotopic (exact) mass is 407 g/mol. The van der Waals surface area contributed by atoms with Crippen LogP contribution in [0.1, 0.15) is 10.5 Å². The van der Waals surface area contributed by atoms with Crippen LogP contribution >= 0.6 is 11.6 Å². The molecule has 1 N–H and O–H groups in total. The molecular weight excluding hydrogens is 390 g/mol. The number of halogens is 1. The summed E-state index contributed by atoms with van der Waals surface area (Å²) in [6, 6.07) is 8.94. The summed E-state index contributed by atoms with van der Waals surface area (Å²) < 4.78 is 10.3. The Hall–Kier alpha value is -3.33. The van der Waals surface area contributed by atoms with Crippen molar-refractivity contribution in [2.24, 2.45) is 0 Å². The molecule has 0 aliphatic rings. The molecule has 0 bridgehead atoms. The molecule has 28 heavy (non-hydrogen) atoms. The lowest BCUT2D eigenvalue weighted by molar-refractivity contribution is -0.608. The van der Waals surface area contributed by atoms with Gasteiger partial charge in [0.2, 0.25) is 5.91 Å². The van der Waals surface area contributed by atoms with Gasteiger partial charge >= 0.3 is 11.7 Å². The molecule has 0 saturated carbocycles. The number of amides is 2. The van der Waals surface area contributed by atoms with E-state index in [0.29, 0.717) is 21.2 Å². The van der Waals surface area contributed by atoms with Crippen molar-refractivity contribution in [3.8, 4) is 5.75 Å². The van der Waals surface area contributed by atoms with Crippen molar-refractivity contribution in [3.63, 3.8) is 0 Å². The van der Waals surface area contributed by atoms with Gasteiger partial charge in [0.05, 0.1) is 19.3 Å². The Balaban J connectivity index is 1.88. The second-order valence-electron chi connectivity index (χ2n) is 5.63. The summed E-state index contributed by atoms with van der Waals surface area (Å²) in [5.74, 6) is -1.64. The van der Waals surface area contributed by atoms with Crippen molar-refractivity contribution in [1.82, 2.24) is 4.90 Å². The largest absolute Gasteiger partial charge is 0.618 e. The Morgan fingerprint density at radius 1 is 1.25 bits per heavy atom. The lowest BCUT2D eigenvalue weighted by Crippen LogP contribution is -2.39. The quantitative estimate of drug-likeness (QED) is 0.420.